The van der Waals surface area contributed by atoms with E-state index in [4.69, 9.17) is 0 Å². The zero-order chi connectivity index (χ0) is 13.6. The van der Waals surface area contributed by atoms with Crippen LogP contribution in [0.15, 0.2) is 0 Å². The van der Waals surface area contributed by atoms with Crippen molar-refractivity contribution in [3.8, 4) is 0 Å². The van der Waals surface area contributed by atoms with Crippen LogP contribution in [0.5, 0.6) is 0 Å². The van der Waals surface area contributed by atoms with Gasteiger partial charge in [-0.25, -0.2) is 0 Å². The SMILES string of the molecule is CN(C)C(=O)C1CNCCN1C(=O)C1CC2CC2C1. The molecule has 1 heterocycles. The zero-order valence-corrected chi connectivity index (χ0v) is 11.8. The molecule has 106 valence electrons. The number of carbonyl (C=O) groups excluding carboxylic acids is 2. The topological polar surface area (TPSA) is 52.7 Å². The number of carbonyl (C=O) groups is 2. The van der Waals surface area contributed by atoms with E-state index in [0.717, 1.165) is 31.2 Å². The molecule has 3 aliphatic rings. The average Bonchev–Trinajstić information content (AvgIpc) is 3.03. The lowest BCUT2D eigenvalue weighted by atomic mass is 9.99. The van der Waals surface area contributed by atoms with Crippen molar-refractivity contribution in [1.82, 2.24) is 15.1 Å². The second kappa shape index (κ2) is 4.78. The molecular weight excluding hydrogens is 242 g/mol. The molecule has 2 aliphatic carbocycles. The second-order valence-corrected chi connectivity index (χ2v) is 6.41. The molecule has 2 saturated carbocycles. The van der Waals surface area contributed by atoms with E-state index in [0.29, 0.717) is 13.1 Å². The predicted molar refractivity (Wildman–Crippen MR) is 71.4 cm³/mol. The van der Waals surface area contributed by atoms with Crippen LogP contribution in [0.25, 0.3) is 0 Å². The molecule has 0 aromatic carbocycles. The van der Waals surface area contributed by atoms with Crippen molar-refractivity contribution in [1.29, 1.82) is 0 Å². The highest BCUT2D eigenvalue weighted by Gasteiger charge is 2.49. The van der Waals surface area contributed by atoms with Gasteiger partial charge in [0.25, 0.3) is 0 Å². The van der Waals surface area contributed by atoms with Crippen molar-refractivity contribution < 1.29 is 9.59 Å². The maximum absolute atomic E-state index is 12.6. The lowest BCUT2D eigenvalue weighted by Crippen LogP contribution is -2.60. The third kappa shape index (κ3) is 2.36. The molecule has 3 unspecified atom stereocenters. The molecule has 2 amide bonds. The lowest BCUT2D eigenvalue weighted by molar-refractivity contribution is -0.148. The molecule has 0 spiro atoms. The van der Waals surface area contributed by atoms with Crippen LogP contribution in [0.4, 0.5) is 0 Å². The second-order valence-electron chi connectivity index (χ2n) is 6.41. The normalized spacial score (nSPS) is 36.8. The number of likely N-dealkylation sites (N-methyl/N-ethyl adjacent to an activating group) is 1. The third-order valence-corrected chi connectivity index (χ3v) is 4.85. The van der Waals surface area contributed by atoms with E-state index < -0.39 is 0 Å². The Kier molecular flexibility index (Phi) is 3.25. The molecule has 1 aliphatic heterocycles. The van der Waals surface area contributed by atoms with Gasteiger partial charge in [0.15, 0.2) is 0 Å². The average molecular weight is 265 g/mol. The Morgan fingerprint density at radius 2 is 1.84 bits per heavy atom. The predicted octanol–water partition coefficient (Wildman–Crippen LogP) is -0.0789. The van der Waals surface area contributed by atoms with Crippen LogP contribution in [0.3, 0.4) is 0 Å². The summed E-state index contributed by atoms with van der Waals surface area (Å²) in [5.74, 6) is 2.04. The molecular formula is C14H23N3O2. The summed E-state index contributed by atoms with van der Waals surface area (Å²) in [6, 6.07) is -0.312. The molecule has 0 radical (unpaired) electrons. The van der Waals surface area contributed by atoms with Crippen molar-refractivity contribution in [3.05, 3.63) is 0 Å². The van der Waals surface area contributed by atoms with Gasteiger partial charge in [-0.15, -0.1) is 0 Å². The standard InChI is InChI=1S/C14H23N3O2/c1-16(2)14(19)12-8-15-3-4-17(12)13(18)11-6-9-5-10(9)7-11/h9-12,15H,3-8H2,1-2H3. The van der Waals surface area contributed by atoms with Gasteiger partial charge in [0.2, 0.25) is 11.8 Å². The first-order chi connectivity index (χ1) is 9.08. The minimum atomic E-state index is -0.312. The molecule has 3 fully saturated rings. The van der Waals surface area contributed by atoms with Crippen LogP contribution in [-0.2, 0) is 9.59 Å². The van der Waals surface area contributed by atoms with Crippen molar-refractivity contribution in [2.24, 2.45) is 17.8 Å². The molecule has 0 aromatic heterocycles. The van der Waals surface area contributed by atoms with Crippen LogP contribution in [0.2, 0.25) is 0 Å². The first-order valence-electron chi connectivity index (χ1n) is 7.30. The molecule has 0 aromatic rings. The van der Waals surface area contributed by atoms with Gasteiger partial charge in [-0.2, -0.15) is 0 Å². The largest absolute Gasteiger partial charge is 0.347 e. The number of piperazine rings is 1. The number of nitrogens with one attached hydrogen (secondary N) is 1. The Morgan fingerprint density at radius 1 is 1.16 bits per heavy atom. The van der Waals surface area contributed by atoms with Gasteiger partial charge in [-0.05, 0) is 31.1 Å². The summed E-state index contributed by atoms with van der Waals surface area (Å²) in [5, 5.41) is 3.22. The number of amides is 2. The Balaban J connectivity index is 1.69. The fourth-order valence-electron chi connectivity index (χ4n) is 3.64. The molecule has 3 rings (SSSR count). The third-order valence-electron chi connectivity index (χ3n) is 4.85. The summed E-state index contributed by atoms with van der Waals surface area (Å²) < 4.78 is 0. The van der Waals surface area contributed by atoms with Crippen LogP contribution in [-0.4, -0.2) is 61.4 Å². The smallest absolute Gasteiger partial charge is 0.246 e. The first-order valence-corrected chi connectivity index (χ1v) is 7.30. The van der Waals surface area contributed by atoms with Gasteiger partial charge in [0.05, 0.1) is 0 Å². The fraction of sp³-hybridized carbons (Fsp3) is 0.857. The Labute approximate surface area is 114 Å². The van der Waals surface area contributed by atoms with E-state index >= 15 is 0 Å². The highest BCUT2D eigenvalue weighted by atomic mass is 16.2. The van der Waals surface area contributed by atoms with Gasteiger partial charge in [0, 0.05) is 39.6 Å². The number of rotatable bonds is 2. The van der Waals surface area contributed by atoms with Gasteiger partial charge >= 0.3 is 0 Å². The zero-order valence-electron chi connectivity index (χ0n) is 11.8. The Hall–Kier alpha value is -1.10. The van der Waals surface area contributed by atoms with Gasteiger partial charge < -0.3 is 15.1 Å². The lowest BCUT2D eigenvalue weighted by Gasteiger charge is -2.38. The van der Waals surface area contributed by atoms with E-state index in [1.165, 1.54) is 6.42 Å². The summed E-state index contributed by atoms with van der Waals surface area (Å²) in [4.78, 5) is 28.2. The molecule has 0 bridgehead atoms. The highest BCUT2D eigenvalue weighted by molar-refractivity contribution is 5.89. The van der Waals surface area contributed by atoms with E-state index in [1.807, 2.05) is 4.90 Å². The molecule has 19 heavy (non-hydrogen) atoms. The molecule has 1 N–H and O–H groups in total. The van der Waals surface area contributed by atoms with Crippen molar-refractivity contribution in [3.63, 3.8) is 0 Å². The quantitative estimate of drug-likeness (QED) is 0.760. The van der Waals surface area contributed by atoms with E-state index in [2.05, 4.69) is 5.32 Å². The minimum absolute atomic E-state index is 0.0312. The summed E-state index contributed by atoms with van der Waals surface area (Å²) in [7, 11) is 3.51. The molecule has 3 atom stereocenters. The Morgan fingerprint density at radius 3 is 2.47 bits per heavy atom. The molecule has 5 heteroatoms. The van der Waals surface area contributed by atoms with Crippen LogP contribution in [0, 0.1) is 17.8 Å². The Bertz CT molecular complexity index is 386. The summed E-state index contributed by atoms with van der Waals surface area (Å²) in [6.07, 6.45) is 3.43. The fourth-order valence-corrected chi connectivity index (χ4v) is 3.64. The maximum atomic E-state index is 12.6. The summed E-state index contributed by atoms with van der Waals surface area (Å²) >= 11 is 0. The minimum Gasteiger partial charge on any atom is -0.347 e. The highest BCUT2D eigenvalue weighted by Crippen LogP contribution is 2.54. The maximum Gasteiger partial charge on any atom is 0.246 e. The van der Waals surface area contributed by atoms with E-state index in [9.17, 15) is 9.59 Å². The number of nitrogens with zero attached hydrogens (tertiary/aromatic N) is 2. The van der Waals surface area contributed by atoms with Gasteiger partial charge in [-0.3, -0.25) is 9.59 Å². The first kappa shape index (κ1) is 12.9. The van der Waals surface area contributed by atoms with Crippen molar-refractivity contribution in [2.75, 3.05) is 33.7 Å². The summed E-state index contributed by atoms with van der Waals surface area (Å²) in [5.41, 5.74) is 0. The number of hydrogen-bond donors (Lipinski definition) is 1. The van der Waals surface area contributed by atoms with Crippen LogP contribution < -0.4 is 5.32 Å². The van der Waals surface area contributed by atoms with Crippen molar-refractivity contribution >= 4 is 11.8 Å². The van der Waals surface area contributed by atoms with Crippen molar-refractivity contribution in [2.45, 2.75) is 25.3 Å². The summed E-state index contributed by atoms with van der Waals surface area (Å²) in [6.45, 7) is 2.04. The monoisotopic (exact) mass is 265 g/mol. The number of hydrogen-bond acceptors (Lipinski definition) is 3. The number of fused-ring (bicyclic) bond motifs is 1. The van der Waals surface area contributed by atoms with Crippen LogP contribution >= 0.6 is 0 Å². The molecule has 1 saturated heterocycles. The van der Waals surface area contributed by atoms with Gasteiger partial charge in [0.1, 0.15) is 6.04 Å². The van der Waals surface area contributed by atoms with Gasteiger partial charge in [-0.1, -0.05) is 0 Å². The van der Waals surface area contributed by atoms with E-state index in [1.54, 1.807) is 19.0 Å². The van der Waals surface area contributed by atoms with Crippen LogP contribution in [0.1, 0.15) is 19.3 Å². The molecule has 5 nitrogen and oxygen atoms in total. The van der Waals surface area contributed by atoms with E-state index in [-0.39, 0.29) is 23.8 Å².